The fourth-order valence-electron chi connectivity index (χ4n) is 6.82. The Bertz CT molecular complexity index is 1890. The van der Waals surface area contributed by atoms with E-state index in [2.05, 4.69) is 16.6 Å². The van der Waals surface area contributed by atoms with Gasteiger partial charge in [0.15, 0.2) is 6.61 Å². The maximum atomic E-state index is 14.4. The van der Waals surface area contributed by atoms with Crippen LogP contribution in [0.5, 0.6) is 0 Å². The van der Waals surface area contributed by atoms with Crippen molar-refractivity contribution in [2.24, 2.45) is 5.92 Å². The van der Waals surface area contributed by atoms with Crippen LogP contribution in [0.3, 0.4) is 0 Å². The number of amides is 4. The van der Waals surface area contributed by atoms with Crippen molar-refractivity contribution in [1.82, 2.24) is 25.1 Å². The summed E-state index contributed by atoms with van der Waals surface area (Å²) in [6, 6.07) is 18.0. The number of rotatable bonds is 12. The minimum Gasteiger partial charge on any atom is -0.482 e. The standard InChI is InChI=1S/C38H39Cl2N5O6/c1-3-17-43(38(49)41-20-26-13-16-31(39)32(40)18-26)44-23-35(46)45-33(19-25-11-14-29(15-12-25)51-24-36(47)50-2)37(48)42(22-34(44)45)21-28-9-6-8-27-7-4-5-10-30(27)28/h3-11,13-16,18,25,33-34H,1,12,17,19-24H2,2H3,(H,41,49)/t25?,33-,34+/m0/s1. The van der Waals surface area contributed by atoms with E-state index in [1.807, 2.05) is 54.6 Å². The van der Waals surface area contributed by atoms with Crippen molar-refractivity contribution in [2.45, 2.75) is 38.1 Å². The average molecular weight is 733 g/mol. The van der Waals surface area contributed by atoms with Gasteiger partial charge in [0.05, 0.1) is 36.8 Å². The van der Waals surface area contributed by atoms with Crippen molar-refractivity contribution in [3.05, 3.63) is 118 Å². The van der Waals surface area contributed by atoms with Crippen LogP contribution in [0, 0.1) is 5.92 Å². The van der Waals surface area contributed by atoms with Crippen LogP contribution < -0.4 is 5.32 Å². The first-order valence-electron chi connectivity index (χ1n) is 16.7. The van der Waals surface area contributed by atoms with Gasteiger partial charge in [0.2, 0.25) is 11.8 Å². The molecule has 2 saturated heterocycles. The molecule has 13 heteroatoms. The van der Waals surface area contributed by atoms with Gasteiger partial charge < -0.3 is 24.6 Å². The highest BCUT2D eigenvalue weighted by Gasteiger charge is 2.52. The fraction of sp³-hybridized carbons (Fsp3) is 0.316. The predicted octanol–water partition coefficient (Wildman–Crippen LogP) is 5.68. The number of fused-ring (bicyclic) bond motifs is 2. The van der Waals surface area contributed by atoms with Gasteiger partial charge in [0, 0.05) is 13.1 Å². The van der Waals surface area contributed by atoms with Crippen LogP contribution in [-0.4, -0.2) is 89.2 Å². The molecule has 2 aliphatic heterocycles. The second-order valence-corrected chi connectivity index (χ2v) is 13.4. The van der Waals surface area contributed by atoms with Crippen molar-refractivity contribution in [3.63, 3.8) is 0 Å². The van der Waals surface area contributed by atoms with Gasteiger partial charge in [-0.05, 0) is 64.9 Å². The van der Waals surface area contributed by atoms with E-state index in [1.54, 1.807) is 45.2 Å². The molecule has 51 heavy (non-hydrogen) atoms. The van der Waals surface area contributed by atoms with Crippen molar-refractivity contribution in [2.75, 3.05) is 33.4 Å². The molecule has 11 nitrogen and oxygen atoms in total. The molecule has 0 spiro atoms. The summed E-state index contributed by atoms with van der Waals surface area (Å²) in [7, 11) is 1.30. The first-order chi connectivity index (χ1) is 24.7. The Labute approximate surface area is 306 Å². The maximum absolute atomic E-state index is 14.4. The number of hydrogen-bond acceptors (Lipinski definition) is 7. The Hall–Kier alpha value is -4.84. The zero-order valence-electron chi connectivity index (χ0n) is 28.2. The molecular formula is C38H39Cl2N5O6. The van der Waals surface area contributed by atoms with E-state index in [1.165, 1.54) is 12.1 Å². The molecule has 3 aromatic rings. The molecule has 4 amide bonds. The second kappa shape index (κ2) is 16.0. The molecule has 3 atom stereocenters. The number of carbonyl (C=O) groups is 4. The number of hydrogen-bond donors (Lipinski definition) is 1. The SMILES string of the molecule is C=CCN(C(=O)NCc1ccc(Cl)c(Cl)c1)N1CC(=O)N2[C@@H](CC3C=CC(OCC(=O)OC)=CC3)C(=O)N(Cc3cccc4ccccc34)C[C@@H]21. The number of piperazine rings is 1. The molecule has 1 unspecified atom stereocenters. The molecule has 0 bridgehead atoms. The molecule has 3 aliphatic rings. The number of methoxy groups -OCH3 is 1. The number of hydrazine groups is 1. The third kappa shape index (κ3) is 8.06. The molecular weight excluding hydrogens is 693 g/mol. The van der Waals surface area contributed by atoms with E-state index in [9.17, 15) is 19.2 Å². The fourth-order valence-corrected chi connectivity index (χ4v) is 7.14. The van der Waals surface area contributed by atoms with Gasteiger partial charge in [-0.25, -0.2) is 9.59 Å². The van der Waals surface area contributed by atoms with Gasteiger partial charge in [-0.15, -0.1) is 6.58 Å². The van der Waals surface area contributed by atoms with Crippen molar-refractivity contribution >= 4 is 57.8 Å². The molecule has 3 aromatic carbocycles. The number of nitrogens with one attached hydrogen (secondary N) is 1. The van der Waals surface area contributed by atoms with Crippen LogP contribution in [0.25, 0.3) is 10.8 Å². The van der Waals surface area contributed by atoms with E-state index in [0.29, 0.717) is 35.2 Å². The quantitative estimate of drug-likeness (QED) is 0.189. The molecule has 0 radical (unpaired) electrons. The molecule has 1 N–H and O–H groups in total. The number of urea groups is 1. The molecule has 2 heterocycles. The van der Waals surface area contributed by atoms with Crippen LogP contribution in [0.1, 0.15) is 24.0 Å². The van der Waals surface area contributed by atoms with Gasteiger partial charge in [0.25, 0.3) is 0 Å². The number of esters is 1. The number of carbonyl (C=O) groups excluding carboxylic acids is 4. The second-order valence-electron chi connectivity index (χ2n) is 12.6. The summed E-state index contributed by atoms with van der Waals surface area (Å²) in [6.07, 6.45) is 7.50. The van der Waals surface area contributed by atoms with Crippen LogP contribution in [0.2, 0.25) is 10.0 Å². The first-order valence-corrected chi connectivity index (χ1v) is 17.4. The van der Waals surface area contributed by atoms with Crippen LogP contribution >= 0.6 is 23.2 Å². The molecule has 0 saturated carbocycles. The summed E-state index contributed by atoms with van der Waals surface area (Å²) < 4.78 is 10.2. The summed E-state index contributed by atoms with van der Waals surface area (Å²) in [6.45, 7) is 4.42. The lowest BCUT2D eigenvalue weighted by Crippen LogP contribution is -2.65. The van der Waals surface area contributed by atoms with E-state index in [4.69, 9.17) is 27.9 Å². The van der Waals surface area contributed by atoms with E-state index < -0.39 is 24.2 Å². The predicted molar refractivity (Wildman–Crippen MR) is 194 cm³/mol. The Balaban J connectivity index is 1.26. The maximum Gasteiger partial charge on any atom is 0.343 e. The van der Waals surface area contributed by atoms with Gasteiger partial charge >= 0.3 is 12.0 Å². The summed E-state index contributed by atoms with van der Waals surface area (Å²) in [5.74, 6) is -0.423. The highest BCUT2D eigenvalue weighted by Crippen LogP contribution is 2.34. The Kier molecular flexibility index (Phi) is 11.3. The lowest BCUT2D eigenvalue weighted by atomic mass is 9.90. The van der Waals surface area contributed by atoms with Gasteiger partial charge in [0.1, 0.15) is 18.0 Å². The smallest absolute Gasteiger partial charge is 0.343 e. The van der Waals surface area contributed by atoms with Crippen LogP contribution in [0.4, 0.5) is 4.79 Å². The number of benzene rings is 3. The van der Waals surface area contributed by atoms with Crippen LogP contribution in [0.15, 0.2) is 97.3 Å². The Morgan fingerprint density at radius 1 is 1.08 bits per heavy atom. The lowest BCUT2D eigenvalue weighted by Gasteiger charge is -2.46. The third-order valence-electron chi connectivity index (χ3n) is 9.35. The van der Waals surface area contributed by atoms with Gasteiger partial charge in [-0.1, -0.05) is 83.9 Å². The first kappa shape index (κ1) is 36.0. The minimum absolute atomic E-state index is 0.0804. The van der Waals surface area contributed by atoms with Crippen LogP contribution in [-0.2, 0) is 36.9 Å². The number of nitrogens with zero attached hydrogens (tertiary/aromatic N) is 4. The topological polar surface area (TPSA) is 112 Å². The highest BCUT2D eigenvalue weighted by molar-refractivity contribution is 6.42. The molecule has 2 fully saturated rings. The van der Waals surface area contributed by atoms with Gasteiger partial charge in [-0.3, -0.25) is 14.6 Å². The number of halogens is 2. The minimum atomic E-state index is -0.776. The summed E-state index contributed by atoms with van der Waals surface area (Å²) >= 11 is 12.3. The molecule has 0 aromatic heterocycles. The Morgan fingerprint density at radius 2 is 1.88 bits per heavy atom. The van der Waals surface area contributed by atoms with E-state index in [0.717, 1.165) is 21.9 Å². The Morgan fingerprint density at radius 3 is 2.63 bits per heavy atom. The largest absolute Gasteiger partial charge is 0.482 e. The lowest BCUT2D eigenvalue weighted by molar-refractivity contribution is -0.158. The summed E-state index contributed by atoms with van der Waals surface area (Å²) in [5, 5.41) is 9.04. The number of allylic oxidation sites excluding steroid dienone is 3. The van der Waals surface area contributed by atoms with Crippen molar-refractivity contribution in [1.29, 1.82) is 0 Å². The van der Waals surface area contributed by atoms with E-state index in [-0.39, 0.29) is 50.5 Å². The highest BCUT2D eigenvalue weighted by atomic mass is 35.5. The summed E-state index contributed by atoms with van der Waals surface area (Å²) in [4.78, 5) is 57.0. The normalized spacial score (nSPS) is 20.2. The zero-order chi connectivity index (χ0) is 36.1. The molecule has 1 aliphatic carbocycles. The number of ether oxygens (including phenoxy) is 2. The molecule has 6 rings (SSSR count). The average Bonchev–Trinajstić information content (AvgIpc) is 3.46. The molecule has 266 valence electrons. The van der Waals surface area contributed by atoms with E-state index >= 15 is 0 Å². The third-order valence-corrected chi connectivity index (χ3v) is 10.1. The zero-order valence-corrected chi connectivity index (χ0v) is 29.7. The van der Waals surface area contributed by atoms with Crippen molar-refractivity contribution in [3.8, 4) is 0 Å². The summed E-state index contributed by atoms with van der Waals surface area (Å²) in [5.41, 5.74) is 1.74. The van der Waals surface area contributed by atoms with Crippen molar-refractivity contribution < 1.29 is 28.7 Å². The van der Waals surface area contributed by atoms with Gasteiger partial charge in [-0.2, -0.15) is 5.01 Å². The monoisotopic (exact) mass is 731 g/mol.